The molecular weight excluding hydrogens is 398 g/mol. The second-order valence-electron chi connectivity index (χ2n) is 7.70. The van der Waals surface area contributed by atoms with Crippen molar-refractivity contribution in [1.82, 2.24) is 5.32 Å². The van der Waals surface area contributed by atoms with Gasteiger partial charge in [0.2, 0.25) is 0 Å². The maximum atomic E-state index is 12.5. The molecule has 3 rings (SSSR count). The number of hydrogen-bond acceptors (Lipinski definition) is 3. The van der Waals surface area contributed by atoms with Gasteiger partial charge in [0, 0.05) is 11.9 Å². The van der Waals surface area contributed by atoms with Crippen molar-refractivity contribution in [2.75, 3.05) is 5.88 Å². The number of amides is 1. The Bertz CT molecular complexity index is 945. The number of carbonyl (C=O) groups excluding carboxylic acids is 1. The Balaban J connectivity index is 1.72. The molecule has 0 spiro atoms. The largest absolute Gasteiger partial charge is 0.445 e. The molecule has 2 N–H and O–H groups in total. The number of carbonyl (C=O) groups is 1. The first-order valence-corrected chi connectivity index (χ1v) is 10.8. The van der Waals surface area contributed by atoms with E-state index in [9.17, 15) is 9.90 Å². The van der Waals surface area contributed by atoms with Gasteiger partial charge in [-0.05, 0) is 47.6 Å². The minimum atomic E-state index is -0.505. The van der Waals surface area contributed by atoms with Crippen LogP contribution in [0.2, 0.25) is 0 Å². The summed E-state index contributed by atoms with van der Waals surface area (Å²) in [5.41, 5.74) is 2.03. The van der Waals surface area contributed by atoms with Crippen molar-refractivity contribution in [3.8, 4) is 0 Å². The zero-order valence-electron chi connectivity index (χ0n) is 17.1. The third kappa shape index (κ3) is 6.48. The lowest BCUT2D eigenvalue weighted by Gasteiger charge is -2.27. The van der Waals surface area contributed by atoms with Gasteiger partial charge in [-0.25, -0.2) is 4.79 Å². The second-order valence-corrected chi connectivity index (χ2v) is 8.01. The van der Waals surface area contributed by atoms with Crippen molar-refractivity contribution in [2.24, 2.45) is 5.92 Å². The maximum Gasteiger partial charge on any atom is 0.407 e. The standard InChI is InChI=1S/C25H28ClNO3/c1-18(28)13-23(16-26)24(27-25(29)30-17-19-7-3-2-4-8-19)15-20-11-12-21-9-5-6-10-22(21)14-20/h2-12,14,18,23-24,28H,13,15-17H2,1H3,(H,27,29)/t18-,23?,24-/m0/s1. The molecule has 4 nitrogen and oxygen atoms in total. The molecule has 1 unspecified atom stereocenters. The summed E-state index contributed by atoms with van der Waals surface area (Å²) in [6.45, 7) is 1.94. The summed E-state index contributed by atoms with van der Waals surface area (Å²) < 4.78 is 5.41. The van der Waals surface area contributed by atoms with Crippen molar-refractivity contribution in [2.45, 2.75) is 38.5 Å². The van der Waals surface area contributed by atoms with Crippen LogP contribution in [0.15, 0.2) is 72.8 Å². The number of rotatable bonds is 9. The lowest BCUT2D eigenvalue weighted by atomic mass is 9.90. The molecule has 0 radical (unpaired) electrons. The summed E-state index contributed by atoms with van der Waals surface area (Å²) in [7, 11) is 0. The fraction of sp³-hybridized carbons (Fsp3) is 0.320. The van der Waals surface area contributed by atoms with Crippen LogP contribution in [0.25, 0.3) is 10.8 Å². The minimum absolute atomic E-state index is 0.0811. The highest BCUT2D eigenvalue weighted by molar-refractivity contribution is 6.18. The van der Waals surface area contributed by atoms with E-state index in [1.54, 1.807) is 6.92 Å². The van der Waals surface area contributed by atoms with Gasteiger partial charge < -0.3 is 15.2 Å². The number of fused-ring (bicyclic) bond motifs is 1. The average molecular weight is 426 g/mol. The smallest absolute Gasteiger partial charge is 0.407 e. The molecule has 0 heterocycles. The third-order valence-corrected chi connectivity index (χ3v) is 5.59. The number of ether oxygens (including phenoxy) is 1. The van der Waals surface area contributed by atoms with E-state index in [-0.39, 0.29) is 18.6 Å². The Morgan fingerprint density at radius 2 is 1.70 bits per heavy atom. The molecule has 0 aromatic heterocycles. The molecule has 0 aliphatic heterocycles. The van der Waals surface area contributed by atoms with Gasteiger partial charge in [-0.1, -0.05) is 72.8 Å². The third-order valence-electron chi connectivity index (χ3n) is 5.20. The molecule has 0 fully saturated rings. The van der Waals surface area contributed by atoms with Gasteiger partial charge >= 0.3 is 6.09 Å². The maximum absolute atomic E-state index is 12.5. The molecule has 30 heavy (non-hydrogen) atoms. The number of benzene rings is 3. The Hall–Kier alpha value is -2.56. The van der Waals surface area contributed by atoms with Crippen molar-refractivity contribution in [3.63, 3.8) is 0 Å². The fourth-order valence-electron chi connectivity index (χ4n) is 3.64. The van der Waals surface area contributed by atoms with Gasteiger partial charge in [0.25, 0.3) is 0 Å². The number of alkyl halides is 1. The van der Waals surface area contributed by atoms with E-state index in [1.807, 2.05) is 42.5 Å². The Labute approximate surface area is 182 Å². The zero-order chi connectivity index (χ0) is 21.3. The number of halogens is 1. The highest BCUT2D eigenvalue weighted by atomic mass is 35.5. The summed E-state index contributed by atoms with van der Waals surface area (Å²) in [6, 6.07) is 23.8. The van der Waals surface area contributed by atoms with Gasteiger partial charge in [0.05, 0.1) is 6.10 Å². The van der Waals surface area contributed by atoms with Crippen LogP contribution < -0.4 is 5.32 Å². The topological polar surface area (TPSA) is 58.6 Å². The van der Waals surface area contributed by atoms with Gasteiger partial charge in [0.1, 0.15) is 6.61 Å². The van der Waals surface area contributed by atoms with E-state index in [2.05, 4.69) is 35.6 Å². The summed E-state index contributed by atoms with van der Waals surface area (Å²) in [5.74, 6) is 0.254. The lowest BCUT2D eigenvalue weighted by Crippen LogP contribution is -2.43. The van der Waals surface area contributed by atoms with Crippen LogP contribution in [-0.4, -0.2) is 29.2 Å². The molecule has 158 valence electrons. The molecule has 3 aromatic rings. The number of hydrogen-bond donors (Lipinski definition) is 2. The van der Waals surface area contributed by atoms with Crippen LogP contribution in [0, 0.1) is 5.92 Å². The van der Waals surface area contributed by atoms with Crippen LogP contribution in [0.4, 0.5) is 4.79 Å². The lowest BCUT2D eigenvalue weighted by molar-refractivity contribution is 0.122. The molecule has 0 saturated carbocycles. The Morgan fingerprint density at radius 3 is 2.40 bits per heavy atom. The SMILES string of the molecule is C[C@H](O)CC(CCl)[C@H](Cc1ccc2ccccc2c1)NC(=O)OCc1ccccc1. The van der Waals surface area contributed by atoms with Crippen molar-refractivity contribution in [1.29, 1.82) is 0 Å². The molecule has 3 atom stereocenters. The first-order chi connectivity index (χ1) is 14.5. The zero-order valence-corrected chi connectivity index (χ0v) is 17.9. The van der Waals surface area contributed by atoms with Crippen molar-refractivity contribution in [3.05, 3.63) is 83.9 Å². The Morgan fingerprint density at radius 1 is 1.00 bits per heavy atom. The van der Waals surface area contributed by atoms with Crippen LogP contribution in [0.1, 0.15) is 24.5 Å². The van der Waals surface area contributed by atoms with Crippen molar-refractivity contribution >= 4 is 28.5 Å². The predicted octanol–water partition coefficient (Wildman–Crippen LogP) is 5.30. The summed E-state index contributed by atoms with van der Waals surface area (Å²) in [6.07, 6.45) is 0.121. The van der Waals surface area contributed by atoms with E-state index in [0.29, 0.717) is 18.7 Å². The molecule has 0 bridgehead atoms. The molecule has 5 heteroatoms. The number of nitrogens with one attached hydrogen (secondary N) is 1. The fourth-order valence-corrected chi connectivity index (χ4v) is 3.99. The summed E-state index contributed by atoms with van der Waals surface area (Å²) in [5, 5.41) is 15.2. The van der Waals surface area contributed by atoms with E-state index in [1.165, 1.54) is 5.39 Å². The van der Waals surface area contributed by atoms with Crippen LogP contribution in [0.3, 0.4) is 0 Å². The average Bonchev–Trinajstić information content (AvgIpc) is 2.76. The van der Waals surface area contributed by atoms with Gasteiger partial charge in [-0.2, -0.15) is 0 Å². The first kappa shape index (κ1) is 22.1. The van der Waals surface area contributed by atoms with Gasteiger partial charge in [-0.15, -0.1) is 11.6 Å². The van der Waals surface area contributed by atoms with Crippen molar-refractivity contribution < 1.29 is 14.6 Å². The van der Waals surface area contributed by atoms with Crippen LogP contribution in [0.5, 0.6) is 0 Å². The Kier molecular flexibility index (Phi) is 8.12. The first-order valence-electron chi connectivity index (χ1n) is 10.2. The van der Waals surface area contributed by atoms with Gasteiger partial charge in [-0.3, -0.25) is 0 Å². The quantitative estimate of drug-likeness (QED) is 0.457. The number of alkyl carbamates (subject to hydrolysis) is 1. The molecule has 0 aliphatic carbocycles. The van der Waals surface area contributed by atoms with Gasteiger partial charge in [0.15, 0.2) is 0 Å². The number of aliphatic hydroxyl groups is 1. The van der Waals surface area contributed by atoms with E-state index >= 15 is 0 Å². The molecule has 3 aromatic carbocycles. The summed E-state index contributed by atoms with van der Waals surface area (Å²) >= 11 is 6.22. The highest BCUT2D eigenvalue weighted by Gasteiger charge is 2.25. The number of aliphatic hydroxyl groups excluding tert-OH is 1. The summed E-state index contributed by atoms with van der Waals surface area (Å²) in [4.78, 5) is 12.5. The normalized spacial score (nSPS) is 14.1. The second kappa shape index (κ2) is 11.0. The predicted molar refractivity (Wildman–Crippen MR) is 122 cm³/mol. The molecule has 1 amide bonds. The molecular formula is C25H28ClNO3. The van der Waals surface area contributed by atoms with Crippen LogP contribution in [-0.2, 0) is 17.8 Å². The van der Waals surface area contributed by atoms with E-state index < -0.39 is 12.2 Å². The monoisotopic (exact) mass is 425 g/mol. The minimum Gasteiger partial charge on any atom is -0.445 e. The highest BCUT2D eigenvalue weighted by Crippen LogP contribution is 2.21. The van der Waals surface area contributed by atoms with E-state index in [4.69, 9.17) is 16.3 Å². The van der Waals surface area contributed by atoms with E-state index in [0.717, 1.165) is 16.5 Å². The molecule has 0 aliphatic rings. The molecule has 0 saturated heterocycles. The van der Waals surface area contributed by atoms with Crippen LogP contribution >= 0.6 is 11.6 Å².